The number of thiophene rings is 1. The average molecular weight is 325 g/mol. The Hall–Kier alpha value is -1.98. The van der Waals surface area contributed by atoms with Gasteiger partial charge in [0, 0.05) is 19.1 Å². The van der Waals surface area contributed by atoms with Gasteiger partial charge < -0.3 is 10.1 Å². The molecular formula is C18H19N3OS. The maximum Gasteiger partial charge on any atom is 0.138 e. The van der Waals surface area contributed by atoms with Gasteiger partial charge in [0.1, 0.15) is 17.0 Å². The molecule has 0 bridgehead atoms. The molecule has 0 amide bonds. The van der Waals surface area contributed by atoms with Gasteiger partial charge in [-0.25, -0.2) is 9.97 Å². The smallest absolute Gasteiger partial charge is 0.138 e. The normalized spacial score (nSPS) is 21.4. The van der Waals surface area contributed by atoms with Gasteiger partial charge in [0.05, 0.1) is 11.5 Å². The van der Waals surface area contributed by atoms with E-state index in [1.54, 1.807) is 17.7 Å². The third-order valence-corrected chi connectivity index (χ3v) is 5.19. The molecule has 1 saturated heterocycles. The van der Waals surface area contributed by atoms with E-state index in [1.807, 2.05) is 6.07 Å². The minimum Gasteiger partial charge on any atom is -0.373 e. The molecule has 0 saturated carbocycles. The van der Waals surface area contributed by atoms with E-state index in [2.05, 4.69) is 51.0 Å². The van der Waals surface area contributed by atoms with Crippen LogP contribution >= 0.6 is 11.3 Å². The maximum atomic E-state index is 6.07. The molecule has 4 rings (SSSR count). The molecule has 1 aromatic carbocycles. The highest BCUT2D eigenvalue weighted by molar-refractivity contribution is 7.16. The highest BCUT2D eigenvalue weighted by atomic mass is 32.1. The Morgan fingerprint density at radius 1 is 1.17 bits per heavy atom. The summed E-state index contributed by atoms with van der Waals surface area (Å²) in [6.07, 6.45) is 4.09. The summed E-state index contributed by atoms with van der Waals surface area (Å²) < 4.78 is 6.07. The molecule has 2 aromatic heterocycles. The summed E-state index contributed by atoms with van der Waals surface area (Å²) in [6.45, 7) is 1.71. The van der Waals surface area contributed by atoms with Crippen molar-refractivity contribution in [3.05, 3.63) is 53.7 Å². The highest BCUT2D eigenvalue weighted by Gasteiger charge is 2.27. The van der Waals surface area contributed by atoms with E-state index >= 15 is 0 Å². The summed E-state index contributed by atoms with van der Waals surface area (Å²) in [6, 6.07) is 12.6. The molecule has 1 aliphatic rings. The molecule has 1 N–H and O–H groups in total. The van der Waals surface area contributed by atoms with Crippen molar-refractivity contribution in [2.24, 2.45) is 5.92 Å². The largest absolute Gasteiger partial charge is 0.373 e. The van der Waals surface area contributed by atoms with Crippen LogP contribution in [0.25, 0.3) is 10.2 Å². The molecule has 3 heterocycles. The van der Waals surface area contributed by atoms with Crippen molar-refractivity contribution < 1.29 is 4.74 Å². The van der Waals surface area contributed by atoms with Crippen molar-refractivity contribution in [2.75, 3.05) is 18.5 Å². The van der Waals surface area contributed by atoms with E-state index in [1.165, 1.54) is 12.0 Å². The van der Waals surface area contributed by atoms with Crippen molar-refractivity contribution in [2.45, 2.75) is 18.9 Å². The fraction of sp³-hybridized carbons (Fsp3) is 0.333. The van der Waals surface area contributed by atoms with Gasteiger partial charge in [-0.05, 0) is 29.9 Å². The van der Waals surface area contributed by atoms with E-state index < -0.39 is 0 Å². The van der Waals surface area contributed by atoms with E-state index in [0.29, 0.717) is 5.92 Å². The molecule has 0 spiro atoms. The number of anilines is 1. The molecule has 118 valence electrons. The number of hydrogen-bond acceptors (Lipinski definition) is 5. The number of rotatable bonds is 4. The second-order valence-corrected chi connectivity index (χ2v) is 6.74. The van der Waals surface area contributed by atoms with Gasteiger partial charge in [0.2, 0.25) is 0 Å². The number of benzene rings is 1. The van der Waals surface area contributed by atoms with E-state index in [9.17, 15) is 0 Å². The van der Waals surface area contributed by atoms with Crippen molar-refractivity contribution in [3.63, 3.8) is 0 Å². The van der Waals surface area contributed by atoms with Crippen LogP contribution in [0.4, 0.5) is 5.82 Å². The lowest BCUT2D eigenvalue weighted by atomic mass is 9.89. The second-order valence-electron chi connectivity index (χ2n) is 5.85. The van der Waals surface area contributed by atoms with Gasteiger partial charge in [-0.3, -0.25) is 0 Å². The summed E-state index contributed by atoms with van der Waals surface area (Å²) in [7, 11) is 0. The first-order valence-electron chi connectivity index (χ1n) is 8.00. The van der Waals surface area contributed by atoms with Crippen LogP contribution in [-0.4, -0.2) is 23.1 Å². The first kappa shape index (κ1) is 14.6. The van der Waals surface area contributed by atoms with Crippen molar-refractivity contribution >= 4 is 27.4 Å². The standard InChI is InChI=1S/C18H19N3OS/c1-2-5-13(6-3-1)16-14(7-4-9-22-16)11-19-17-15-8-10-23-18(15)21-12-20-17/h1-3,5-6,8,10,12,14,16H,4,7,9,11H2,(H,19,20,21). The molecule has 2 unspecified atom stereocenters. The predicted octanol–water partition coefficient (Wildman–Crippen LogP) is 4.27. The molecule has 0 radical (unpaired) electrons. The summed E-state index contributed by atoms with van der Waals surface area (Å²) in [5.74, 6) is 1.38. The molecule has 23 heavy (non-hydrogen) atoms. The monoisotopic (exact) mass is 325 g/mol. The number of ether oxygens (including phenoxy) is 1. The lowest BCUT2D eigenvalue weighted by molar-refractivity contribution is -0.0238. The topological polar surface area (TPSA) is 47.0 Å². The van der Waals surface area contributed by atoms with Crippen molar-refractivity contribution in [1.82, 2.24) is 9.97 Å². The fourth-order valence-corrected chi connectivity index (χ4v) is 3.95. The van der Waals surface area contributed by atoms with E-state index in [-0.39, 0.29) is 6.10 Å². The van der Waals surface area contributed by atoms with Gasteiger partial charge in [0.15, 0.2) is 0 Å². The zero-order chi connectivity index (χ0) is 15.5. The molecule has 4 nitrogen and oxygen atoms in total. The minimum absolute atomic E-state index is 0.164. The van der Waals surface area contributed by atoms with E-state index in [0.717, 1.165) is 35.6 Å². The summed E-state index contributed by atoms with van der Waals surface area (Å²) in [5.41, 5.74) is 1.27. The van der Waals surface area contributed by atoms with Crippen LogP contribution in [0.1, 0.15) is 24.5 Å². The first-order valence-corrected chi connectivity index (χ1v) is 8.88. The summed E-state index contributed by atoms with van der Waals surface area (Å²) in [4.78, 5) is 9.74. The zero-order valence-corrected chi connectivity index (χ0v) is 13.6. The number of nitrogens with one attached hydrogen (secondary N) is 1. The zero-order valence-electron chi connectivity index (χ0n) is 12.8. The molecule has 0 aliphatic carbocycles. The summed E-state index contributed by atoms with van der Waals surface area (Å²) in [5, 5.41) is 6.68. The molecule has 5 heteroatoms. The lowest BCUT2D eigenvalue weighted by Crippen LogP contribution is -2.28. The molecule has 3 aromatic rings. The molecule has 2 atom stereocenters. The van der Waals surface area contributed by atoms with Gasteiger partial charge in [-0.2, -0.15) is 0 Å². The Labute approximate surface area is 139 Å². The lowest BCUT2D eigenvalue weighted by Gasteiger charge is -2.32. The van der Waals surface area contributed by atoms with Gasteiger partial charge in [-0.1, -0.05) is 30.3 Å². The predicted molar refractivity (Wildman–Crippen MR) is 93.8 cm³/mol. The van der Waals surface area contributed by atoms with Crippen LogP contribution in [0.2, 0.25) is 0 Å². The minimum atomic E-state index is 0.164. The Morgan fingerprint density at radius 2 is 2.09 bits per heavy atom. The van der Waals surface area contributed by atoms with Crippen LogP contribution in [0.15, 0.2) is 48.1 Å². The van der Waals surface area contributed by atoms with Crippen LogP contribution in [-0.2, 0) is 4.74 Å². The van der Waals surface area contributed by atoms with Gasteiger partial charge in [0.25, 0.3) is 0 Å². The van der Waals surface area contributed by atoms with Crippen LogP contribution < -0.4 is 5.32 Å². The van der Waals surface area contributed by atoms with Gasteiger partial charge >= 0.3 is 0 Å². The average Bonchev–Trinajstić information content (AvgIpc) is 3.10. The van der Waals surface area contributed by atoms with E-state index in [4.69, 9.17) is 4.74 Å². The third kappa shape index (κ3) is 3.07. The van der Waals surface area contributed by atoms with Crippen LogP contribution in [0, 0.1) is 5.92 Å². The molecular weight excluding hydrogens is 306 g/mol. The molecule has 1 aliphatic heterocycles. The molecule has 1 fully saturated rings. The first-order chi connectivity index (χ1) is 11.4. The fourth-order valence-electron chi connectivity index (χ4n) is 3.22. The van der Waals surface area contributed by atoms with Crippen LogP contribution in [0.5, 0.6) is 0 Å². The van der Waals surface area contributed by atoms with Crippen molar-refractivity contribution in [1.29, 1.82) is 0 Å². The Bertz CT molecular complexity index is 774. The number of aromatic nitrogens is 2. The third-order valence-electron chi connectivity index (χ3n) is 4.37. The van der Waals surface area contributed by atoms with Crippen molar-refractivity contribution in [3.8, 4) is 0 Å². The number of nitrogens with zero attached hydrogens (tertiary/aromatic N) is 2. The van der Waals surface area contributed by atoms with Crippen LogP contribution in [0.3, 0.4) is 0 Å². The highest BCUT2D eigenvalue weighted by Crippen LogP contribution is 2.34. The second kappa shape index (κ2) is 6.64. The number of hydrogen-bond donors (Lipinski definition) is 1. The SMILES string of the molecule is c1ccc(C2OCCCC2CNc2ncnc3sccc23)cc1. The maximum absolute atomic E-state index is 6.07. The Balaban J connectivity index is 1.51. The Kier molecular flexibility index (Phi) is 4.22. The summed E-state index contributed by atoms with van der Waals surface area (Å²) >= 11 is 1.64. The van der Waals surface area contributed by atoms with Gasteiger partial charge in [-0.15, -0.1) is 11.3 Å². The number of fused-ring (bicyclic) bond motifs is 1. The quantitative estimate of drug-likeness (QED) is 0.778. The Morgan fingerprint density at radius 3 is 3.00 bits per heavy atom.